The summed E-state index contributed by atoms with van der Waals surface area (Å²) in [5.41, 5.74) is 3.56. The van der Waals surface area contributed by atoms with Gasteiger partial charge in [0, 0.05) is 34.8 Å². The van der Waals surface area contributed by atoms with E-state index in [0.29, 0.717) is 36.3 Å². The average Bonchev–Trinajstić information content (AvgIpc) is 3.33. The number of benzene rings is 2. The summed E-state index contributed by atoms with van der Waals surface area (Å²) in [6.07, 6.45) is 2.20. The zero-order valence-electron chi connectivity index (χ0n) is 19.5. The fourth-order valence-electron chi connectivity index (χ4n) is 4.13. The van der Waals surface area contributed by atoms with Crippen molar-refractivity contribution in [2.24, 2.45) is 0 Å². The maximum Gasteiger partial charge on any atom is 0.255 e. The van der Waals surface area contributed by atoms with Gasteiger partial charge in [-0.25, -0.2) is 0 Å². The second-order valence-electron chi connectivity index (χ2n) is 8.54. The van der Waals surface area contributed by atoms with Crippen molar-refractivity contribution in [1.29, 1.82) is 0 Å². The molecule has 2 heterocycles. The number of aryl methyl sites for hydroxylation is 1. The zero-order valence-corrected chi connectivity index (χ0v) is 20.3. The molecule has 0 fully saturated rings. The first-order valence-corrected chi connectivity index (χ1v) is 12.5. The van der Waals surface area contributed by atoms with Gasteiger partial charge in [0.05, 0.1) is 0 Å². The van der Waals surface area contributed by atoms with Crippen LogP contribution in [0.4, 0.5) is 5.69 Å². The molecule has 6 nitrogen and oxygen atoms in total. The molecule has 0 bridgehead atoms. The number of hydrogen-bond donors (Lipinski definition) is 2. The number of nitrogens with zero attached hydrogens (tertiary/aromatic N) is 1. The summed E-state index contributed by atoms with van der Waals surface area (Å²) in [5.74, 6) is -0.606. The molecule has 2 aromatic carbocycles. The van der Waals surface area contributed by atoms with Crippen molar-refractivity contribution in [3.63, 3.8) is 0 Å². The Balaban J connectivity index is 1.46. The molecule has 3 aromatic rings. The highest BCUT2D eigenvalue weighted by Gasteiger charge is 2.28. The lowest BCUT2D eigenvalue weighted by Crippen LogP contribution is -2.49. The first-order chi connectivity index (χ1) is 16.5. The fraction of sp³-hybridized carbons (Fsp3) is 0.296. The van der Waals surface area contributed by atoms with E-state index in [1.807, 2.05) is 24.8 Å². The van der Waals surface area contributed by atoms with Crippen LogP contribution in [0.3, 0.4) is 0 Å². The third kappa shape index (κ3) is 5.37. The molecule has 7 heteroatoms. The van der Waals surface area contributed by atoms with E-state index in [1.165, 1.54) is 10.4 Å². The van der Waals surface area contributed by atoms with Crippen LogP contribution in [-0.2, 0) is 17.8 Å². The first kappa shape index (κ1) is 23.7. The molecule has 1 atom stereocenters. The molecule has 0 spiro atoms. The molecule has 1 unspecified atom stereocenters. The molecule has 1 aromatic heterocycles. The Morgan fingerprint density at radius 1 is 1.03 bits per heavy atom. The number of carbonyl (C=O) groups is 3. The summed E-state index contributed by atoms with van der Waals surface area (Å²) in [5, 5.41) is 7.89. The molecular weight excluding hydrogens is 446 g/mol. The molecule has 0 saturated heterocycles. The monoisotopic (exact) mass is 475 g/mol. The van der Waals surface area contributed by atoms with Crippen molar-refractivity contribution in [3.8, 4) is 0 Å². The number of amides is 3. The number of hydrogen-bond acceptors (Lipinski definition) is 4. The van der Waals surface area contributed by atoms with Crippen molar-refractivity contribution in [3.05, 3.63) is 87.1 Å². The Morgan fingerprint density at radius 2 is 1.82 bits per heavy atom. The molecule has 2 N–H and O–H groups in total. The van der Waals surface area contributed by atoms with Crippen molar-refractivity contribution in [1.82, 2.24) is 10.2 Å². The highest BCUT2D eigenvalue weighted by Crippen LogP contribution is 2.25. The number of fused-ring (bicyclic) bond motifs is 1. The third-order valence-corrected chi connectivity index (χ3v) is 7.11. The first-order valence-electron chi connectivity index (χ1n) is 11.6. The standard InChI is InChI=1S/C27H29N3O3S/c1-3-7-22(27(33)30-14-12-24-21(17-30)13-15-34-24)28-26(32)20-11-10-18(2)23(16-20)29-25(31)19-8-5-4-6-9-19/h4-6,8-11,13,15-16,22H,3,7,12,14,17H2,1-2H3,(H,28,32)(H,29,31). The Bertz CT molecular complexity index is 1190. The molecule has 0 aliphatic carbocycles. The van der Waals surface area contributed by atoms with Gasteiger partial charge in [0.1, 0.15) is 6.04 Å². The van der Waals surface area contributed by atoms with E-state index < -0.39 is 6.04 Å². The Morgan fingerprint density at radius 3 is 2.59 bits per heavy atom. The van der Waals surface area contributed by atoms with Crippen LogP contribution in [0, 0.1) is 6.92 Å². The lowest BCUT2D eigenvalue weighted by molar-refractivity contribution is -0.134. The highest BCUT2D eigenvalue weighted by atomic mass is 32.1. The minimum atomic E-state index is -0.582. The van der Waals surface area contributed by atoms with Gasteiger partial charge < -0.3 is 15.5 Å². The Kier molecular flexibility index (Phi) is 7.43. The second kappa shape index (κ2) is 10.7. The number of nitrogens with one attached hydrogen (secondary N) is 2. The highest BCUT2D eigenvalue weighted by molar-refractivity contribution is 7.10. The summed E-state index contributed by atoms with van der Waals surface area (Å²) in [6, 6.07) is 15.6. The van der Waals surface area contributed by atoms with Gasteiger partial charge in [-0.3, -0.25) is 14.4 Å². The van der Waals surface area contributed by atoms with Crippen LogP contribution in [0.25, 0.3) is 0 Å². The van der Waals surface area contributed by atoms with Gasteiger partial charge in [0.15, 0.2) is 0 Å². The molecule has 3 amide bonds. The Hall–Kier alpha value is -3.45. The van der Waals surface area contributed by atoms with Gasteiger partial charge in [0.25, 0.3) is 11.8 Å². The molecule has 0 saturated carbocycles. The van der Waals surface area contributed by atoms with Crippen LogP contribution >= 0.6 is 11.3 Å². The van der Waals surface area contributed by atoms with E-state index in [0.717, 1.165) is 18.4 Å². The summed E-state index contributed by atoms with van der Waals surface area (Å²) < 4.78 is 0. The van der Waals surface area contributed by atoms with Gasteiger partial charge in [-0.2, -0.15) is 0 Å². The lowest BCUT2D eigenvalue weighted by Gasteiger charge is -2.31. The quantitative estimate of drug-likeness (QED) is 0.516. The van der Waals surface area contributed by atoms with E-state index in [-0.39, 0.29) is 17.7 Å². The van der Waals surface area contributed by atoms with Gasteiger partial charge in [-0.05, 0) is 66.6 Å². The van der Waals surface area contributed by atoms with E-state index in [1.54, 1.807) is 53.8 Å². The number of rotatable bonds is 7. The molecule has 0 radical (unpaired) electrons. The molecule has 1 aliphatic rings. The normalized spacial score (nSPS) is 13.6. The zero-order chi connectivity index (χ0) is 24.1. The lowest BCUT2D eigenvalue weighted by atomic mass is 10.0. The maximum absolute atomic E-state index is 13.3. The van der Waals surface area contributed by atoms with Crippen LogP contribution in [0.5, 0.6) is 0 Å². The van der Waals surface area contributed by atoms with Gasteiger partial charge in [-0.1, -0.05) is 37.6 Å². The summed E-state index contributed by atoms with van der Waals surface area (Å²) >= 11 is 1.73. The second-order valence-corrected chi connectivity index (χ2v) is 9.54. The van der Waals surface area contributed by atoms with Crippen LogP contribution < -0.4 is 10.6 Å². The van der Waals surface area contributed by atoms with Gasteiger partial charge >= 0.3 is 0 Å². The predicted molar refractivity (Wildman–Crippen MR) is 135 cm³/mol. The van der Waals surface area contributed by atoms with Crippen molar-refractivity contribution < 1.29 is 14.4 Å². The van der Waals surface area contributed by atoms with Crippen molar-refractivity contribution in [2.75, 3.05) is 11.9 Å². The number of carbonyl (C=O) groups excluding carboxylic acids is 3. The van der Waals surface area contributed by atoms with Gasteiger partial charge in [-0.15, -0.1) is 11.3 Å². The number of anilines is 1. The SMILES string of the molecule is CCCC(NC(=O)c1ccc(C)c(NC(=O)c2ccccc2)c1)C(=O)N1CCc2sccc2C1. The van der Waals surface area contributed by atoms with E-state index in [9.17, 15) is 14.4 Å². The summed E-state index contributed by atoms with van der Waals surface area (Å²) in [4.78, 5) is 42.1. The summed E-state index contributed by atoms with van der Waals surface area (Å²) in [6.45, 7) is 5.14. The van der Waals surface area contributed by atoms with Gasteiger partial charge in [0.2, 0.25) is 5.91 Å². The number of thiophene rings is 1. The maximum atomic E-state index is 13.3. The van der Waals surface area contributed by atoms with E-state index in [4.69, 9.17) is 0 Å². The topological polar surface area (TPSA) is 78.5 Å². The summed E-state index contributed by atoms with van der Waals surface area (Å²) in [7, 11) is 0. The molecule has 176 valence electrons. The Labute approximate surface area is 204 Å². The minimum Gasteiger partial charge on any atom is -0.340 e. The van der Waals surface area contributed by atoms with Crippen LogP contribution in [0.2, 0.25) is 0 Å². The molecule has 34 heavy (non-hydrogen) atoms. The molecule has 4 rings (SSSR count). The molecule has 1 aliphatic heterocycles. The van der Waals surface area contributed by atoms with Crippen LogP contribution in [0.1, 0.15) is 56.5 Å². The largest absolute Gasteiger partial charge is 0.340 e. The molecular formula is C27H29N3O3S. The predicted octanol–water partition coefficient (Wildman–Crippen LogP) is 4.79. The smallest absolute Gasteiger partial charge is 0.255 e. The third-order valence-electron chi connectivity index (χ3n) is 6.08. The van der Waals surface area contributed by atoms with Crippen LogP contribution in [-0.4, -0.2) is 35.2 Å². The van der Waals surface area contributed by atoms with E-state index in [2.05, 4.69) is 22.1 Å². The van der Waals surface area contributed by atoms with Crippen LogP contribution in [0.15, 0.2) is 60.0 Å². The van der Waals surface area contributed by atoms with Crippen molar-refractivity contribution >= 4 is 34.7 Å². The van der Waals surface area contributed by atoms with Crippen molar-refractivity contribution in [2.45, 2.75) is 45.7 Å². The minimum absolute atomic E-state index is 0.0447. The average molecular weight is 476 g/mol. The van der Waals surface area contributed by atoms with E-state index >= 15 is 0 Å². The fourth-order valence-corrected chi connectivity index (χ4v) is 5.02.